The standard InChI is InChI=1S/C74H130O6/c1-4-7-10-13-16-19-22-25-27-29-31-32-33-34-35-36-37-38-39-40-41-42-43-45-46-49-52-55-58-61-64-67-73(76)79-70-71(69-78-72(75)66-63-60-57-54-51-48-24-21-18-15-12-9-6-3)80-74(77)68-65-62-59-56-53-50-47-44-30-28-26-23-20-17-14-11-8-5-2/h9,12,18,20-21,23,28-31,48,51,57,60,71H,4-8,10-11,13-17,19,22,24-27,32-47,49-50,52-56,58-59,61-70H2,1-3H3/b12-9-,21-18-,23-20-,30-28-,31-29-,51-48-,60-57-. The van der Waals surface area contributed by atoms with Crippen molar-refractivity contribution in [3.05, 3.63) is 85.1 Å². The van der Waals surface area contributed by atoms with E-state index in [1.54, 1.807) is 0 Å². The molecule has 0 aromatic rings. The Morgan fingerprint density at radius 3 is 0.863 bits per heavy atom. The molecule has 0 aliphatic rings. The predicted octanol–water partition coefficient (Wildman–Crippen LogP) is 23.8. The van der Waals surface area contributed by atoms with Crippen LogP contribution in [0.1, 0.15) is 348 Å². The first kappa shape index (κ1) is 76.6. The van der Waals surface area contributed by atoms with Crippen LogP contribution in [0.5, 0.6) is 0 Å². The van der Waals surface area contributed by atoms with Gasteiger partial charge in [0.2, 0.25) is 0 Å². The number of rotatable bonds is 63. The van der Waals surface area contributed by atoms with Crippen LogP contribution in [0.25, 0.3) is 0 Å². The van der Waals surface area contributed by atoms with E-state index in [0.29, 0.717) is 19.3 Å². The molecule has 0 amide bonds. The highest BCUT2D eigenvalue weighted by Crippen LogP contribution is 2.17. The van der Waals surface area contributed by atoms with E-state index >= 15 is 0 Å². The first-order chi connectivity index (χ1) is 39.5. The van der Waals surface area contributed by atoms with Crippen LogP contribution >= 0.6 is 0 Å². The first-order valence-corrected chi connectivity index (χ1v) is 34.6. The normalized spacial score (nSPS) is 12.6. The fourth-order valence-corrected chi connectivity index (χ4v) is 9.96. The van der Waals surface area contributed by atoms with E-state index in [1.807, 2.05) is 6.08 Å². The maximum absolute atomic E-state index is 12.9. The maximum Gasteiger partial charge on any atom is 0.306 e. The molecule has 0 N–H and O–H groups in total. The lowest BCUT2D eigenvalue weighted by molar-refractivity contribution is -0.166. The summed E-state index contributed by atoms with van der Waals surface area (Å²) in [7, 11) is 0. The molecule has 0 saturated carbocycles. The Morgan fingerprint density at radius 1 is 0.263 bits per heavy atom. The summed E-state index contributed by atoms with van der Waals surface area (Å²) in [6.07, 6.45) is 90.7. The van der Waals surface area contributed by atoms with Crippen molar-refractivity contribution in [1.82, 2.24) is 0 Å². The van der Waals surface area contributed by atoms with Crippen molar-refractivity contribution in [2.75, 3.05) is 13.2 Å². The van der Waals surface area contributed by atoms with E-state index in [2.05, 4.69) is 99.8 Å². The Morgan fingerprint density at radius 2 is 0.512 bits per heavy atom. The number of unbranched alkanes of at least 4 members (excludes halogenated alkanes) is 38. The first-order valence-electron chi connectivity index (χ1n) is 34.6. The van der Waals surface area contributed by atoms with Crippen LogP contribution in [0, 0.1) is 0 Å². The molecule has 0 fully saturated rings. The lowest BCUT2D eigenvalue weighted by Crippen LogP contribution is -2.30. The number of esters is 3. The maximum atomic E-state index is 12.9. The van der Waals surface area contributed by atoms with Gasteiger partial charge in [-0.1, -0.05) is 311 Å². The fourth-order valence-electron chi connectivity index (χ4n) is 9.96. The van der Waals surface area contributed by atoms with Gasteiger partial charge in [-0.2, -0.15) is 0 Å². The largest absolute Gasteiger partial charge is 0.462 e. The van der Waals surface area contributed by atoms with Gasteiger partial charge in [-0.15, -0.1) is 0 Å². The van der Waals surface area contributed by atoms with Crippen LogP contribution in [0.15, 0.2) is 85.1 Å². The smallest absolute Gasteiger partial charge is 0.306 e. The number of hydrogen-bond acceptors (Lipinski definition) is 6. The predicted molar refractivity (Wildman–Crippen MR) is 348 cm³/mol. The Hall–Kier alpha value is -3.41. The van der Waals surface area contributed by atoms with E-state index in [9.17, 15) is 14.4 Å². The Labute approximate surface area is 496 Å². The average molecular weight is 1120 g/mol. The molecule has 1 atom stereocenters. The number of carbonyl (C=O) groups is 3. The molecule has 1 unspecified atom stereocenters. The van der Waals surface area contributed by atoms with Crippen LogP contribution < -0.4 is 0 Å². The summed E-state index contributed by atoms with van der Waals surface area (Å²) in [4.78, 5) is 38.3. The van der Waals surface area contributed by atoms with Crippen molar-refractivity contribution in [2.24, 2.45) is 0 Å². The molecular weight excluding hydrogens is 985 g/mol. The van der Waals surface area contributed by atoms with Crippen LogP contribution in [-0.2, 0) is 28.6 Å². The summed E-state index contributed by atoms with van der Waals surface area (Å²) < 4.78 is 16.9. The highest BCUT2D eigenvalue weighted by Gasteiger charge is 2.19. The molecule has 462 valence electrons. The Balaban J connectivity index is 4.21. The van der Waals surface area contributed by atoms with Crippen molar-refractivity contribution in [2.45, 2.75) is 354 Å². The molecule has 0 aliphatic heterocycles. The van der Waals surface area contributed by atoms with Gasteiger partial charge in [-0.05, 0) is 103 Å². The molecule has 6 heteroatoms. The van der Waals surface area contributed by atoms with Crippen LogP contribution in [0.3, 0.4) is 0 Å². The molecule has 0 saturated heterocycles. The summed E-state index contributed by atoms with van der Waals surface area (Å²) in [6.45, 7) is 6.48. The van der Waals surface area contributed by atoms with Crippen molar-refractivity contribution in [1.29, 1.82) is 0 Å². The summed E-state index contributed by atoms with van der Waals surface area (Å²) in [6, 6.07) is 0. The molecular formula is C74H130O6. The summed E-state index contributed by atoms with van der Waals surface area (Å²) in [5.41, 5.74) is 0. The van der Waals surface area contributed by atoms with Crippen LogP contribution in [-0.4, -0.2) is 37.2 Å². The average Bonchev–Trinajstić information content (AvgIpc) is 3.46. The van der Waals surface area contributed by atoms with Gasteiger partial charge in [0.25, 0.3) is 0 Å². The second kappa shape index (κ2) is 68.1. The quantitative estimate of drug-likeness (QED) is 0.0261. The molecule has 80 heavy (non-hydrogen) atoms. The lowest BCUT2D eigenvalue weighted by atomic mass is 10.0. The van der Waals surface area contributed by atoms with Crippen LogP contribution in [0.4, 0.5) is 0 Å². The van der Waals surface area contributed by atoms with Crippen LogP contribution in [0.2, 0.25) is 0 Å². The van der Waals surface area contributed by atoms with Gasteiger partial charge < -0.3 is 14.2 Å². The van der Waals surface area contributed by atoms with E-state index < -0.39 is 6.10 Å². The number of hydrogen-bond donors (Lipinski definition) is 0. The molecule has 0 bridgehead atoms. The Bertz CT molecular complexity index is 1520. The molecule has 0 aromatic carbocycles. The third kappa shape index (κ3) is 65.4. The minimum Gasteiger partial charge on any atom is -0.462 e. The van der Waals surface area contributed by atoms with Gasteiger partial charge in [-0.25, -0.2) is 0 Å². The molecule has 0 aliphatic carbocycles. The summed E-state index contributed by atoms with van der Waals surface area (Å²) in [5, 5.41) is 0. The SMILES string of the molecule is CC/C=C\C/C=C\C/C=C\C/C=C\CCC(=O)OCC(COC(=O)CCCCCCCCCCCCCCCCCCCCC/C=C\CCCCCCCCCC)OC(=O)CCCCCCCCC/C=C\C/C=C\CCCCCC. The van der Waals surface area contributed by atoms with Gasteiger partial charge in [0.15, 0.2) is 6.10 Å². The molecule has 0 radical (unpaired) electrons. The number of ether oxygens (including phenoxy) is 3. The molecule has 6 nitrogen and oxygen atoms in total. The summed E-state index contributed by atoms with van der Waals surface area (Å²) in [5.74, 6) is -0.978. The van der Waals surface area contributed by atoms with E-state index in [4.69, 9.17) is 14.2 Å². The van der Waals surface area contributed by atoms with Crippen molar-refractivity contribution < 1.29 is 28.6 Å². The number of carbonyl (C=O) groups excluding carboxylic acids is 3. The second-order valence-electron chi connectivity index (χ2n) is 23.1. The monoisotopic (exact) mass is 1110 g/mol. The van der Waals surface area contributed by atoms with Gasteiger partial charge in [0, 0.05) is 19.3 Å². The molecule has 0 rings (SSSR count). The van der Waals surface area contributed by atoms with Crippen molar-refractivity contribution in [3.63, 3.8) is 0 Å². The summed E-state index contributed by atoms with van der Waals surface area (Å²) >= 11 is 0. The minimum atomic E-state index is -0.810. The van der Waals surface area contributed by atoms with Gasteiger partial charge in [0.05, 0.1) is 0 Å². The zero-order valence-electron chi connectivity index (χ0n) is 53.1. The highest BCUT2D eigenvalue weighted by atomic mass is 16.6. The van der Waals surface area contributed by atoms with E-state index in [-0.39, 0.29) is 37.5 Å². The minimum absolute atomic E-state index is 0.0994. The fraction of sp³-hybridized carbons (Fsp3) is 0.770. The zero-order chi connectivity index (χ0) is 57.8. The van der Waals surface area contributed by atoms with E-state index in [1.165, 1.54) is 225 Å². The third-order valence-corrected chi connectivity index (χ3v) is 15.1. The van der Waals surface area contributed by atoms with Gasteiger partial charge in [-0.3, -0.25) is 14.4 Å². The number of allylic oxidation sites excluding steroid dienone is 14. The topological polar surface area (TPSA) is 78.9 Å². The Kier molecular flexibility index (Phi) is 65.2. The second-order valence-corrected chi connectivity index (χ2v) is 23.1. The third-order valence-electron chi connectivity index (χ3n) is 15.1. The van der Waals surface area contributed by atoms with Crippen molar-refractivity contribution in [3.8, 4) is 0 Å². The van der Waals surface area contributed by atoms with Gasteiger partial charge in [0.1, 0.15) is 13.2 Å². The molecule has 0 spiro atoms. The molecule has 0 heterocycles. The zero-order valence-corrected chi connectivity index (χ0v) is 53.1. The highest BCUT2D eigenvalue weighted by molar-refractivity contribution is 5.71. The van der Waals surface area contributed by atoms with Crippen molar-refractivity contribution >= 4 is 17.9 Å². The lowest BCUT2D eigenvalue weighted by Gasteiger charge is -2.18. The molecule has 0 aromatic heterocycles. The van der Waals surface area contributed by atoms with E-state index in [0.717, 1.165) is 77.0 Å². The van der Waals surface area contributed by atoms with Gasteiger partial charge >= 0.3 is 17.9 Å².